The molecule has 21 heteroatoms. The van der Waals surface area contributed by atoms with Crippen molar-refractivity contribution >= 4 is 46.2 Å². The maximum Gasteiger partial charge on any atom is 1.00 e. The number of rotatable bonds is 10. The molecule has 0 bridgehead atoms. The number of hydrogen-bond acceptors (Lipinski definition) is 12. The summed E-state index contributed by atoms with van der Waals surface area (Å²) in [6.45, 7) is 0. The summed E-state index contributed by atoms with van der Waals surface area (Å²) in [4.78, 5) is 61.0. The zero-order chi connectivity index (χ0) is 25.8. The van der Waals surface area contributed by atoms with Crippen LogP contribution in [-0.2, 0) is 39.2 Å². The van der Waals surface area contributed by atoms with Gasteiger partial charge in [0, 0.05) is 10.4 Å². The molecule has 0 fully saturated rings. The molecular weight excluding hydrogens is 517 g/mol. The van der Waals surface area contributed by atoms with Crippen molar-refractivity contribution in [3.8, 4) is 0 Å². The van der Waals surface area contributed by atoms with Gasteiger partial charge in [-0.3, -0.25) is 27.6 Å². The van der Waals surface area contributed by atoms with Gasteiger partial charge in [0.15, 0.2) is 11.2 Å². The van der Waals surface area contributed by atoms with Gasteiger partial charge in [-0.05, 0) is 0 Å². The molecule has 0 unspecified atom stereocenters. The van der Waals surface area contributed by atoms with Gasteiger partial charge >= 0.3 is 87.2 Å². The molecule has 0 aromatic rings. The average molecular weight is 537 g/mol. The van der Waals surface area contributed by atoms with Gasteiger partial charge in [-0.2, -0.15) is 0 Å². The third-order valence-electron chi connectivity index (χ3n) is 2.57. The van der Waals surface area contributed by atoms with Crippen LogP contribution in [-0.4, -0.2) is 105 Å². The zero-order valence-electron chi connectivity index (χ0n) is 16.9. The predicted molar refractivity (Wildman–Crippen MR) is 90.6 cm³/mol. The molecule has 0 saturated heterocycles. The van der Waals surface area contributed by atoms with Gasteiger partial charge in [-0.15, -0.1) is 0 Å². The topological polar surface area (TPSA) is 381 Å². The van der Waals surface area contributed by atoms with Crippen molar-refractivity contribution in [3.63, 3.8) is 0 Å². The first-order valence-corrected chi connectivity index (χ1v) is 8.34. The summed E-state index contributed by atoms with van der Waals surface area (Å²) in [6, 6.07) is 0. The molecule has 0 atom stereocenters. The van der Waals surface area contributed by atoms with Gasteiger partial charge in [0.05, 0.1) is 25.7 Å². The normalized spacial score (nSPS) is 10.3. The Morgan fingerprint density at radius 3 is 0.758 bits per heavy atom. The number of aliphatic carboxylic acids is 6. The molecule has 0 spiro atoms. The van der Waals surface area contributed by atoms with Crippen molar-refractivity contribution in [1.82, 2.24) is 6.15 Å². The Hall–Kier alpha value is -1.79. The SMILES string of the molecule is O=C(O)CC(O)(CC(=O)O)C(=O)O.O=C(O)CC(O)(CC(=O)O)C(=O)O.O=S(=O)([O-])[O-].[K+].[NH4+]. The van der Waals surface area contributed by atoms with Crippen LogP contribution in [0.5, 0.6) is 0 Å². The Labute approximate surface area is 226 Å². The minimum Gasteiger partial charge on any atom is -0.759 e. The number of quaternary nitrogens is 1. The number of hydrogen-bond donors (Lipinski definition) is 9. The van der Waals surface area contributed by atoms with Crippen LogP contribution in [0.25, 0.3) is 0 Å². The monoisotopic (exact) mass is 537 g/mol. The number of carbonyl (C=O) groups is 6. The Balaban J connectivity index is -0.000000125. The fourth-order valence-corrected chi connectivity index (χ4v) is 1.43. The van der Waals surface area contributed by atoms with Crippen molar-refractivity contribution in [2.24, 2.45) is 0 Å². The van der Waals surface area contributed by atoms with Crippen molar-refractivity contribution in [3.05, 3.63) is 0 Å². The van der Waals surface area contributed by atoms with Crippen molar-refractivity contribution in [2.45, 2.75) is 36.9 Å². The molecule has 0 aromatic heterocycles. The smallest absolute Gasteiger partial charge is 0.759 e. The summed E-state index contributed by atoms with van der Waals surface area (Å²) in [5.41, 5.74) is -5.48. The maximum atomic E-state index is 10.3. The summed E-state index contributed by atoms with van der Waals surface area (Å²) in [7, 11) is -5.17. The molecule has 33 heavy (non-hydrogen) atoms. The molecular formula is C12H20KNO18S. The largest absolute Gasteiger partial charge is 1.00 e. The Morgan fingerprint density at radius 1 is 0.576 bits per heavy atom. The van der Waals surface area contributed by atoms with E-state index in [1.54, 1.807) is 0 Å². The number of carboxylic acids is 6. The van der Waals surface area contributed by atoms with Crippen LogP contribution in [0.2, 0.25) is 0 Å². The molecule has 19 nitrogen and oxygen atoms in total. The van der Waals surface area contributed by atoms with Crippen LogP contribution in [0.4, 0.5) is 0 Å². The average Bonchev–Trinajstić information content (AvgIpc) is 2.41. The third kappa shape index (κ3) is 26.3. The van der Waals surface area contributed by atoms with Crippen molar-refractivity contribution < 1.29 is 139 Å². The molecule has 0 aliphatic heterocycles. The van der Waals surface area contributed by atoms with Crippen LogP contribution in [0.15, 0.2) is 0 Å². The summed E-state index contributed by atoms with van der Waals surface area (Å²) in [5, 5.41) is 67.6. The van der Waals surface area contributed by atoms with E-state index in [1.807, 2.05) is 0 Å². The second kappa shape index (κ2) is 17.7. The quantitative estimate of drug-likeness (QED) is 0.0709. The molecule has 12 N–H and O–H groups in total. The van der Waals surface area contributed by atoms with Crippen LogP contribution in [0, 0.1) is 0 Å². The number of carboxylic acid groups (broad SMARTS) is 6. The van der Waals surface area contributed by atoms with Gasteiger partial charge in [-0.1, -0.05) is 0 Å². The fourth-order valence-electron chi connectivity index (χ4n) is 1.43. The second-order valence-corrected chi connectivity index (χ2v) is 6.18. The fraction of sp³-hybridized carbons (Fsp3) is 0.500. The minimum atomic E-state index is -5.17. The molecule has 0 aromatic carbocycles. The first kappa shape index (κ1) is 41.5. The summed E-state index contributed by atoms with van der Waals surface area (Å²) in [6.07, 6.45) is -4.58. The van der Waals surface area contributed by atoms with E-state index in [4.69, 9.17) is 58.4 Å². The molecule has 0 aliphatic carbocycles. The first-order chi connectivity index (χ1) is 13.6. The van der Waals surface area contributed by atoms with Gasteiger partial charge in [0.1, 0.15) is 0 Å². The Morgan fingerprint density at radius 2 is 0.697 bits per heavy atom. The molecule has 0 radical (unpaired) electrons. The number of aliphatic hydroxyl groups is 2. The standard InChI is InChI=1S/2C6H8O7.K.H3N.H2O4S/c2*7-3(8)1-6(13,5(11)12)2-4(9)10;;;1-5(2,3)4/h2*13H,1-2H2,(H,7,8)(H,9,10)(H,11,12);;1H3;(H2,1,2,3,4)/q;;+1;;/p-1. The van der Waals surface area contributed by atoms with E-state index in [0.29, 0.717) is 0 Å². The Bertz CT molecular complexity index is 715. The summed E-state index contributed by atoms with van der Waals surface area (Å²) in [5.74, 6) is -10.0. The van der Waals surface area contributed by atoms with Crippen LogP contribution in [0.1, 0.15) is 25.7 Å². The summed E-state index contributed by atoms with van der Waals surface area (Å²) < 4.78 is 34.1. The van der Waals surface area contributed by atoms with E-state index in [2.05, 4.69) is 0 Å². The minimum absolute atomic E-state index is 0. The molecule has 0 saturated carbocycles. The second-order valence-electron chi connectivity index (χ2n) is 5.36. The van der Waals surface area contributed by atoms with E-state index >= 15 is 0 Å². The van der Waals surface area contributed by atoms with Gasteiger partial charge in [0.2, 0.25) is 0 Å². The first-order valence-electron chi connectivity index (χ1n) is 7.01. The van der Waals surface area contributed by atoms with E-state index in [1.165, 1.54) is 0 Å². The molecule has 0 amide bonds. The predicted octanol–water partition coefficient (Wildman–Crippen LogP) is -6.45. The van der Waals surface area contributed by atoms with Crippen molar-refractivity contribution in [2.75, 3.05) is 0 Å². The van der Waals surface area contributed by atoms with Crippen LogP contribution in [0.3, 0.4) is 0 Å². The maximum absolute atomic E-state index is 10.3. The van der Waals surface area contributed by atoms with Crippen LogP contribution < -0.4 is 57.5 Å². The van der Waals surface area contributed by atoms with E-state index in [-0.39, 0.29) is 57.5 Å². The molecule has 0 heterocycles. The molecule has 188 valence electrons. The van der Waals surface area contributed by atoms with Gasteiger partial charge in [0.25, 0.3) is 0 Å². The van der Waals surface area contributed by atoms with Gasteiger partial charge in [-0.25, -0.2) is 9.59 Å². The van der Waals surface area contributed by atoms with E-state index < -0.39 is 83.1 Å². The van der Waals surface area contributed by atoms with Gasteiger partial charge < -0.3 is 56.1 Å². The summed E-state index contributed by atoms with van der Waals surface area (Å²) >= 11 is 0. The third-order valence-corrected chi connectivity index (χ3v) is 2.57. The van der Waals surface area contributed by atoms with Crippen LogP contribution >= 0.6 is 0 Å². The van der Waals surface area contributed by atoms with Crippen molar-refractivity contribution in [1.29, 1.82) is 0 Å². The molecule has 0 aliphatic rings. The van der Waals surface area contributed by atoms with E-state index in [9.17, 15) is 28.8 Å². The molecule has 0 rings (SSSR count). The zero-order valence-corrected chi connectivity index (χ0v) is 20.8. The Kier molecular flexibility index (Phi) is 22.2. The van der Waals surface area contributed by atoms with E-state index in [0.717, 1.165) is 0 Å².